The van der Waals surface area contributed by atoms with Crippen molar-refractivity contribution < 1.29 is 4.74 Å². The normalized spacial score (nSPS) is 17.8. The monoisotopic (exact) mass is 228 g/mol. The topological polar surface area (TPSA) is 62.9 Å². The van der Waals surface area contributed by atoms with E-state index in [1.807, 2.05) is 0 Å². The molecule has 0 aromatic heterocycles. The zero-order valence-corrected chi connectivity index (χ0v) is 10.4. The van der Waals surface area contributed by atoms with Gasteiger partial charge in [0.15, 0.2) is 0 Å². The number of ether oxygens (including phenoxy) is 1. The van der Waals surface area contributed by atoms with Crippen LogP contribution >= 0.6 is 0 Å². The van der Waals surface area contributed by atoms with Crippen molar-refractivity contribution in [3.05, 3.63) is 0 Å². The average molecular weight is 228 g/mol. The molecule has 3 N–H and O–H groups in total. The molecule has 0 amide bonds. The van der Waals surface area contributed by atoms with Crippen molar-refractivity contribution in [2.75, 3.05) is 27.3 Å². The van der Waals surface area contributed by atoms with Crippen molar-refractivity contribution in [3.63, 3.8) is 0 Å². The molecule has 0 aliphatic heterocycles. The van der Waals surface area contributed by atoms with Gasteiger partial charge in [0, 0.05) is 33.4 Å². The van der Waals surface area contributed by atoms with Crippen molar-refractivity contribution in [3.8, 4) is 0 Å². The molecule has 1 aliphatic carbocycles. The van der Waals surface area contributed by atoms with Gasteiger partial charge in [0.1, 0.15) is 0 Å². The minimum atomic E-state index is 0.595. The fourth-order valence-corrected chi connectivity index (χ4v) is 2.12. The lowest BCUT2D eigenvalue weighted by Gasteiger charge is -2.27. The molecule has 1 fully saturated rings. The van der Waals surface area contributed by atoms with E-state index >= 15 is 0 Å². The molecule has 5 nitrogen and oxygen atoms in total. The summed E-state index contributed by atoms with van der Waals surface area (Å²) >= 11 is 0. The Balaban J connectivity index is 2.38. The molecule has 0 unspecified atom stereocenters. The molecular weight excluding hydrogens is 204 g/mol. The summed E-state index contributed by atoms with van der Waals surface area (Å²) in [5.41, 5.74) is 2.69. The highest BCUT2D eigenvalue weighted by Gasteiger charge is 2.21. The number of nitrogens with one attached hydrogen (secondary N) is 1. The van der Waals surface area contributed by atoms with E-state index in [2.05, 4.69) is 22.4 Å². The average Bonchev–Trinajstić information content (AvgIpc) is 2.82. The molecular formula is C11H24N4O. The molecule has 0 spiro atoms. The number of hydrogen-bond acceptors (Lipinski definition) is 3. The lowest BCUT2D eigenvalue weighted by molar-refractivity contribution is 0.196. The SMILES string of the molecule is COCCCN=C(NN)N(C)C1CCCC1. The number of guanidine groups is 1. The summed E-state index contributed by atoms with van der Waals surface area (Å²) in [5.74, 6) is 6.30. The molecule has 0 saturated heterocycles. The van der Waals surface area contributed by atoms with Gasteiger partial charge in [-0.1, -0.05) is 12.8 Å². The molecule has 5 heteroatoms. The summed E-state index contributed by atoms with van der Waals surface area (Å²) in [6, 6.07) is 0.595. The first kappa shape index (κ1) is 13.3. The summed E-state index contributed by atoms with van der Waals surface area (Å²) in [5, 5.41) is 0. The zero-order valence-electron chi connectivity index (χ0n) is 10.4. The van der Waals surface area contributed by atoms with E-state index in [1.165, 1.54) is 25.7 Å². The summed E-state index contributed by atoms with van der Waals surface area (Å²) in [7, 11) is 3.77. The maximum Gasteiger partial charge on any atom is 0.208 e. The Hall–Kier alpha value is -0.810. The lowest BCUT2D eigenvalue weighted by Crippen LogP contribution is -2.46. The minimum absolute atomic E-state index is 0.595. The Morgan fingerprint density at radius 2 is 2.19 bits per heavy atom. The third-order valence-electron chi connectivity index (χ3n) is 3.10. The number of hydrogen-bond donors (Lipinski definition) is 2. The number of rotatable bonds is 5. The van der Waals surface area contributed by atoms with Crippen molar-refractivity contribution in [2.45, 2.75) is 38.1 Å². The van der Waals surface area contributed by atoms with Crippen LogP contribution in [-0.2, 0) is 4.74 Å². The standard InChI is InChI=1S/C11H24N4O/c1-15(10-6-3-4-7-10)11(14-12)13-8-5-9-16-2/h10H,3-9,12H2,1-2H3,(H,13,14). The van der Waals surface area contributed by atoms with Gasteiger partial charge in [0.2, 0.25) is 5.96 Å². The van der Waals surface area contributed by atoms with Gasteiger partial charge in [-0.2, -0.15) is 0 Å². The van der Waals surface area contributed by atoms with Gasteiger partial charge in [-0.25, -0.2) is 5.84 Å². The van der Waals surface area contributed by atoms with Crippen LogP contribution < -0.4 is 11.3 Å². The first-order valence-corrected chi connectivity index (χ1v) is 6.02. The predicted octanol–water partition coefficient (Wildman–Crippen LogP) is 0.717. The zero-order chi connectivity index (χ0) is 11.8. The maximum absolute atomic E-state index is 5.50. The fourth-order valence-electron chi connectivity index (χ4n) is 2.12. The molecule has 0 heterocycles. The van der Waals surface area contributed by atoms with Crippen molar-refractivity contribution in [1.82, 2.24) is 10.3 Å². The van der Waals surface area contributed by atoms with Gasteiger partial charge in [0.05, 0.1) is 0 Å². The van der Waals surface area contributed by atoms with E-state index in [4.69, 9.17) is 10.6 Å². The minimum Gasteiger partial charge on any atom is -0.385 e. The summed E-state index contributed by atoms with van der Waals surface area (Å²) < 4.78 is 4.98. The van der Waals surface area contributed by atoms with Crippen LogP contribution in [0.15, 0.2) is 4.99 Å². The summed E-state index contributed by atoms with van der Waals surface area (Å²) in [6.45, 7) is 1.50. The highest BCUT2D eigenvalue weighted by atomic mass is 16.5. The van der Waals surface area contributed by atoms with E-state index < -0.39 is 0 Å². The number of methoxy groups -OCH3 is 1. The van der Waals surface area contributed by atoms with Crippen LogP contribution in [0.3, 0.4) is 0 Å². The largest absolute Gasteiger partial charge is 0.385 e. The number of nitrogens with zero attached hydrogens (tertiary/aromatic N) is 2. The van der Waals surface area contributed by atoms with Crippen LogP contribution in [0, 0.1) is 0 Å². The molecule has 0 aromatic rings. The van der Waals surface area contributed by atoms with E-state index in [1.54, 1.807) is 7.11 Å². The Labute approximate surface area is 98.0 Å². The molecule has 1 rings (SSSR count). The number of nitrogens with two attached hydrogens (primary N) is 1. The second kappa shape index (κ2) is 7.46. The molecule has 1 saturated carbocycles. The Morgan fingerprint density at radius 3 is 2.75 bits per heavy atom. The fraction of sp³-hybridized carbons (Fsp3) is 0.909. The van der Waals surface area contributed by atoms with E-state index in [0.717, 1.165) is 25.5 Å². The van der Waals surface area contributed by atoms with Gasteiger partial charge in [0.25, 0.3) is 0 Å². The first-order chi connectivity index (χ1) is 7.79. The van der Waals surface area contributed by atoms with Crippen LogP contribution in [0.2, 0.25) is 0 Å². The second-order valence-electron chi connectivity index (χ2n) is 4.25. The molecule has 0 bridgehead atoms. The van der Waals surface area contributed by atoms with Crippen molar-refractivity contribution in [2.24, 2.45) is 10.8 Å². The third-order valence-corrected chi connectivity index (χ3v) is 3.10. The van der Waals surface area contributed by atoms with Crippen molar-refractivity contribution in [1.29, 1.82) is 0 Å². The van der Waals surface area contributed by atoms with Crippen LogP contribution in [0.4, 0.5) is 0 Å². The van der Waals surface area contributed by atoms with E-state index in [0.29, 0.717) is 6.04 Å². The van der Waals surface area contributed by atoms with Gasteiger partial charge in [-0.15, -0.1) is 0 Å². The number of hydrazine groups is 1. The first-order valence-electron chi connectivity index (χ1n) is 6.02. The maximum atomic E-state index is 5.50. The molecule has 0 radical (unpaired) electrons. The summed E-state index contributed by atoms with van der Waals surface area (Å²) in [6.07, 6.45) is 6.05. The summed E-state index contributed by atoms with van der Waals surface area (Å²) in [4.78, 5) is 6.62. The number of aliphatic imine (C=N–C) groups is 1. The van der Waals surface area contributed by atoms with Gasteiger partial charge < -0.3 is 9.64 Å². The van der Waals surface area contributed by atoms with Gasteiger partial charge >= 0.3 is 0 Å². The van der Waals surface area contributed by atoms with Crippen molar-refractivity contribution >= 4 is 5.96 Å². The van der Waals surface area contributed by atoms with Gasteiger partial charge in [-0.05, 0) is 19.3 Å². The van der Waals surface area contributed by atoms with Gasteiger partial charge in [-0.3, -0.25) is 10.4 Å². The molecule has 94 valence electrons. The van der Waals surface area contributed by atoms with E-state index in [9.17, 15) is 0 Å². The molecule has 0 aromatic carbocycles. The Bertz CT molecular complexity index is 214. The molecule has 1 aliphatic rings. The highest BCUT2D eigenvalue weighted by Crippen LogP contribution is 2.22. The van der Waals surface area contributed by atoms with Crippen LogP contribution in [-0.4, -0.2) is 44.2 Å². The quantitative estimate of drug-likeness (QED) is 0.239. The van der Waals surface area contributed by atoms with Crippen LogP contribution in [0.5, 0.6) is 0 Å². The Morgan fingerprint density at radius 1 is 1.50 bits per heavy atom. The highest BCUT2D eigenvalue weighted by molar-refractivity contribution is 5.79. The van der Waals surface area contributed by atoms with Crippen LogP contribution in [0.1, 0.15) is 32.1 Å². The smallest absolute Gasteiger partial charge is 0.208 e. The molecule has 0 atom stereocenters. The van der Waals surface area contributed by atoms with Crippen LogP contribution in [0.25, 0.3) is 0 Å². The molecule has 16 heavy (non-hydrogen) atoms. The Kier molecular flexibility index (Phi) is 6.18. The predicted molar refractivity (Wildman–Crippen MR) is 66.1 cm³/mol. The third kappa shape index (κ3) is 3.98. The lowest BCUT2D eigenvalue weighted by atomic mass is 10.2. The van der Waals surface area contributed by atoms with E-state index in [-0.39, 0.29) is 0 Å². The second-order valence-corrected chi connectivity index (χ2v) is 4.25.